The van der Waals surface area contributed by atoms with E-state index < -0.39 is 0 Å². The molecule has 0 aliphatic heterocycles. The first-order valence-corrected chi connectivity index (χ1v) is 6.68. The molecule has 0 aromatic rings. The van der Waals surface area contributed by atoms with Gasteiger partial charge in [-0.05, 0) is 52.0 Å². The Kier molecular flexibility index (Phi) is 6.07. The lowest BCUT2D eigenvalue weighted by molar-refractivity contribution is 0.0175. The summed E-state index contributed by atoms with van der Waals surface area (Å²) in [5, 5.41) is 3.58. The largest absolute Gasteiger partial charge is 0.377 e. The molecule has 2 nitrogen and oxygen atoms in total. The highest BCUT2D eigenvalue weighted by Gasteiger charge is 2.36. The SMILES string of the molecule is C=C(C)CCC(NCC)C(OCC)C1CC1. The number of hydrogen-bond acceptors (Lipinski definition) is 2. The highest BCUT2D eigenvalue weighted by Crippen LogP contribution is 2.36. The van der Waals surface area contributed by atoms with Gasteiger partial charge in [0.1, 0.15) is 0 Å². The van der Waals surface area contributed by atoms with Gasteiger partial charge in [0.25, 0.3) is 0 Å². The van der Waals surface area contributed by atoms with Crippen molar-refractivity contribution in [3.05, 3.63) is 12.2 Å². The highest BCUT2D eigenvalue weighted by molar-refractivity contribution is 4.94. The van der Waals surface area contributed by atoms with Gasteiger partial charge in [0.2, 0.25) is 0 Å². The summed E-state index contributed by atoms with van der Waals surface area (Å²) < 4.78 is 5.92. The van der Waals surface area contributed by atoms with Crippen LogP contribution in [0.15, 0.2) is 12.2 Å². The Morgan fingerprint density at radius 3 is 2.56 bits per heavy atom. The van der Waals surface area contributed by atoms with Crippen molar-refractivity contribution >= 4 is 0 Å². The summed E-state index contributed by atoms with van der Waals surface area (Å²) in [7, 11) is 0. The van der Waals surface area contributed by atoms with E-state index in [1.807, 2.05) is 0 Å². The Morgan fingerprint density at radius 1 is 1.44 bits per heavy atom. The minimum Gasteiger partial charge on any atom is -0.377 e. The van der Waals surface area contributed by atoms with Crippen LogP contribution in [0.25, 0.3) is 0 Å². The molecule has 1 rings (SSSR count). The van der Waals surface area contributed by atoms with Crippen molar-refractivity contribution in [2.75, 3.05) is 13.2 Å². The molecule has 1 saturated carbocycles. The van der Waals surface area contributed by atoms with Crippen LogP contribution in [0.4, 0.5) is 0 Å². The first-order chi connectivity index (χ1) is 7.69. The lowest BCUT2D eigenvalue weighted by Crippen LogP contribution is -2.42. The predicted octanol–water partition coefficient (Wildman–Crippen LogP) is 3.14. The van der Waals surface area contributed by atoms with Crippen LogP contribution in [0, 0.1) is 5.92 Å². The van der Waals surface area contributed by atoms with Gasteiger partial charge in [0.05, 0.1) is 6.10 Å². The van der Waals surface area contributed by atoms with Crippen LogP contribution in [0.3, 0.4) is 0 Å². The van der Waals surface area contributed by atoms with Crippen LogP contribution in [-0.4, -0.2) is 25.3 Å². The van der Waals surface area contributed by atoms with Crippen molar-refractivity contribution in [3.63, 3.8) is 0 Å². The fourth-order valence-electron chi connectivity index (χ4n) is 2.24. The summed E-state index contributed by atoms with van der Waals surface area (Å²) in [6.45, 7) is 12.2. The number of hydrogen-bond donors (Lipinski definition) is 1. The standard InChI is InChI=1S/C14H27NO/c1-5-15-13(10-7-11(3)4)14(16-6-2)12-8-9-12/h12-15H,3,5-10H2,1-2,4H3. The molecule has 0 aromatic heterocycles. The summed E-state index contributed by atoms with van der Waals surface area (Å²) in [5.74, 6) is 0.800. The number of nitrogens with one attached hydrogen (secondary N) is 1. The summed E-state index contributed by atoms with van der Waals surface area (Å²) in [4.78, 5) is 0. The molecule has 1 fully saturated rings. The molecular formula is C14H27NO. The molecule has 1 aliphatic rings. The summed E-state index contributed by atoms with van der Waals surface area (Å²) in [6.07, 6.45) is 5.38. The zero-order valence-corrected chi connectivity index (χ0v) is 11.1. The van der Waals surface area contributed by atoms with Gasteiger partial charge >= 0.3 is 0 Å². The van der Waals surface area contributed by atoms with Gasteiger partial charge in [-0.2, -0.15) is 0 Å². The van der Waals surface area contributed by atoms with Crippen LogP contribution < -0.4 is 5.32 Å². The van der Waals surface area contributed by atoms with Gasteiger partial charge < -0.3 is 10.1 Å². The molecular weight excluding hydrogens is 198 g/mol. The maximum absolute atomic E-state index is 5.92. The molecule has 0 saturated heterocycles. The Balaban J connectivity index is 2.46. The van der Waals surface area contributed by atoms with E-state index in [0.717, 1.165) is 31.9 Å². The summed E-state index contributed by atoms with van der Waals surface area (Å²) in [5.41, 5.74) is 1.27. The monoisotopic (exact) mass is 225 g/mol. The minimum atomic E-state index is 0.421. The first-order valence-electron chi connectivity index (χ1n) is 6.68. The molecule has 0 amide bonds. The molecule has 1 aliphatic carbocycles. The molecule has 2 unspecified atom stereocenters. The number of likely N-dealkylation sites (N-methyl/N-ethyl adjacent to an activating group) is 1. The maximum atomic E-state index is 5.92. The van der Waals surface area contributed by atoms with Crippen LogP contribution in [0.2, 0.25) is 0 Å². The molecule has 2 heteroatoms. The van der Waals surface area contributed by atoms with E-state index in [9.17, 15) is 0 Å². The minimum absolute atomic E-state index is 0.421. The Morgan fingerprint density at radius 2 is 2.12 bits per heavy atom. The molecule has 94 valence electrons. The predicted molar refractivity (Wildman–Crippen MR) is 69.7 cm³/mol. The third-order valence-electron chi connectivity index (χ3n) is 3.19. The molecule has 0 aromatic carbocycles. The average Bonchev–Trinajstić information content (AvgIpc) is 3.05. The van der Waals surface area contributed by atoms with E-state index in [2.05, 4.69) is 32.7 Å². The van der Waals surface area contributed by atoms with Crippen LogP contribution in [0.5, 0.6) is 0 Å². The number of allylic oxidation sites excluding steroid dienone is 1. The van der Waals surface area contributed by atoms with Crippen LogP contribution in [-0.2, 0) is 4.74 Å². The van der Waals surface area contributed by atoms with Crippen molar-refractivity contribution in [1.29, 1.82) is 0 Å². The molecule has 0 radical (unpaired) electrons. The molecule has 0 spiro atoms. The topological polar surface area (TPSA) is 21.3 Å². The zero-order valence-electron chi connectivity index (χ0n) is 11.1. The van der Waals surface area contributed by atoms with E-state index in [1.165, 1.54) is 18.4 Å². The fourth-order valence-corrected chi connectivity index (χ4v) is 2.24. The van der Waals surface area contributed by atoms with E-state index in [-0.39, 0.29) is 0 Å². The molecule has 0 heterocycles. The van der Waals surface area contributed by atoms with Crippen molar-refractivity contribution in [2.24, 2.45) is 5.92 Å². The quantitative estimate of drug-likeness (QED) is 0.609. The van der Waals surface area contributed by atoms with Gasteiger partial charge in [0, 0.05) is 12.6 Å². The summed E-state index contributed by atoms with van der Waals surface area (Å²) >= 11 is 0. The second-order valence-corrected chi connectivity index (χ2v) is 4.92. The number of rotatable bonds is 9. The van der Waals surface area contributed by atoms with Gasteiger partial charge in [-0.25, -0.2) is 0 Å². The third kappa shape index (κ3) is 4.67. The second kappa shape index (κ2) is 7.08. The van der Waals surface area contributed by atoms with Gasteiger partial charge in [-0.3, -0.25) is 0 Å². The van der Waals surface area contributed by atoms with Gasteiger partial charge in [-0.1, -0.05) is 12.5 Å². The van der Waals surface area contributed by atoms with Crippen molar-refractivity contribution in [2.45, 2.75) is 58.6 Å². The first kappa shape index (κ1) is 13.7. The van der Waals surface area contributed by atoms with Crippen LogP contribution in [0.1, 0.15) is 46.5 Å². The van der Waals surface area contributed by atoms with Crippen LogP contribution >= 0.6 is 0 Å². The lowest BCUT2D eigenvalue weighted by Gasteiger charge is -2.28. The number of ether oxygens (including phenoxy) is 1. The lowest BCUT2D eigenvalue weighted by atomic mass is 9.99. The van der Waals surface area contributed by atoms with Gasteiger partial charge in [-0.15, -0.1) is 6.58 Å². The Hall–Kier alpha value is -0.340. The third-order valence-corrected chi connectivity index (χ3v) is 3.19. The van der Waals surface area contributed by atoms with E-state index in [1.54, 1.807) is 0 Å². The van der Waals surface area contributed by atoms with E-state index >= 15 is 0 Å². The van der Waals surface area contributed by atoms with Crippen molar-refractivity contribution in [1.82, 2.24) is 5.32 Å². The molecule has 16 heavy (non-hydrogen) atoms. The van der Waals surface area contributed by atoms with E-state index in [4.69, 9.17) is 4.74 Å². The fraction of sp³-hybridized carbons (Fsp3) is 0.857. The highest BCUT2D eigenvalue weighted by atomic mass is 16.5. The Labute approximate surface area is 100 Å². The maximum Gasteiger partial charge on any atom is 0.0756 e. The second-order valence-electron chi connectivity index (χ2n) is 4.92. The van der Waals surface area contributed by atoms with Crippen molar-refractivity contribution < 1.29 is 4.74 Å². The molecule has 2 atom stereocenters. The smallest absolute Gasteiger partial charge is 0.0756 e. The zero-order chi connectivity index (χ0) is 12.0. The molecule has 1 N–H and O–H groups in total. The van der Waals surface area contributed by atoms with Crippen molar-refractivity contribution in [3.8, 4) is 0 Å². The Bertz CT molecular complexity index is 211. The normalized spacial score (nSPS) is 19.4. The molecule has 0 bridgehead atoms. The van der Waals surface area contributed by atoms with Gasteiger partial charge in [0.15, 0.2) is 0 Å². The summed E-state index contributed by atoms with van der Waals surface area (Å²) in [6, 6.07) is 0.508. The van der Waals surface area contributed by atoms with E-state index in [0.29, 0.717) is 12.1 Å². The average molecular weight is 225 g/mol.